The van der Waals surface area contributed by atoms with Gasteiger partial charge in [-0.3, -0.25) is 0 Å². The first-order chi connectivity index (χ1) is 12.9. The number of imidazole rings is 1. The van der Waals surface area contributed by atoms with E-state index in [2.05, 4.69) is 25.3 Å². The number of fused-ring (bicyclic) bond motifs is 1. The molecule has 3 rings (SSSR count). The van der Waals surface area contributed by atoms with E-state index in [9.17, 15) is 0 Å². The van der Waals surface area contributed by atoms with Crippen molar-refractivity contribution in [2.45, 2.75) is 13.1 Å². The Morgan fingerprint density at radius 3 is 2.85 bits per heavy atom. The maximum atomic E-state index is 8.13. The summed E-state index contributed by atoms with van der Waals surface area (Å²) in [5.74, 6) is 0. The Morgan fingerprint density at radius 1 is 1.12 bits per heavy atom. The Labute approximate surface area is 150 Å². The van der Waals surface area contributed by atoms with Crippen molar-refractivity contribution in [3.63, 3.8) is 0 Å². The molecule has 0 atom stereocenters. The number of benzene rings is 1. The summed E-state index contributed by atoms with van der Waals surface area (Å²) in [6.45, 7) is 3.47. The summed E-state index contributed by atoms with van der Waals surface area (Å²) < 4.78 is 14.5. The van der Waals surface area contributed by atoms with E-state index in [4.69, 9.17) is 15.0 Å². The molecular formula is C16H20N8O2. The first-order valence-corrected chi connectivity index (χ1v) is 8.32. The van der Waals surface area contributed by atoms with Crippen LogP contribution in [0.3, 0.4) is 0 Å². The standard InChI is InChI=1S/C16H20N8O2/c17-21-19-5-7-25-9-10-26-8-6-24-12-14(20-22-24)11-23-13-18-15-3-1-2-4-16(15)23/h1-4,12-13H,5-11H2. The second-order valence-electron chi connectivity index (χ2n) is 5.51. The Morgan fingerprint density at radius 2 is 1.96 bits per heavy atom. The van der Waals surface area contributed by atoms with Gasteiger partial charge in [-0.25, -0.2) is 9.67 Å². The molecule has 0 saturated heterocycles. The average molecular weight is 356 g/mol. The van der Waals surface area contributed by atoms with Gasteiger partial charge in [0.15, 0.2) is 0 Å². The van der Waals surface area contributed by atoms with Gasteiger partial charge in [0.2, 0.25) is 0 Å². The zero-order chi connectivity index (χ0) is 18.0. The number of ether oxygens (including phenoxy) is 2. The third-order valence-corrected chi connectivity index (χ3v) is 3.68. The SMILES string of the molecule is [N-]=[N+]=NCCOCCOCCn1cc(Cn2cnc3ccccc32)nn1. The molecule has 26 heavy (non-hydrogen) atoms. The van der Waals surface area contributed by atoms with Crippen molar-refractivity contribution in [2.24, 2.45) is 5.11 Å². The van der Waals surface area contributed by atoms with Crippen LogP contribution in [-0.4, -0.2) is 57.5 Å². The van der Waals surface area contributed by atoms with Gasteiger partial charge in [0.05, 0.1) is 63.1 Å². The normalized spacial score (nSPS) is 10.9. The fourth-order valence-corrected chi connectivity index (χ4v) is 2.46. The lowest BCUT2D eigenvalue weighted by Crippen LogP contribution is -2.11. The molecule has 10 heteroatoms. The highest BCUT2D eigenvalue weighted by Gasteiger charge is 2.05. The molecular weight excluding hydrogens is 336 g/mol. The molecule has 0 aliphatic carbocycles. The van der Waals surface area contributed by atoms with Gasteiger partial charge in [-0.1, -0.05) is 22.5 Å². The lowest BCUT2D eigenvalue weighted by molar-refractivity contribution is 0.0467. The van der Waals surface area contributed by atoms with Gasteiger partial charge in [0.1, 0.15) is 5.69 Å². The van der Waals surface area contributed by atoms with Crippen LogP contribution in [0.15, 0.2) is 41.9 Å². The van der Waals surface area contributed by atoms with E-state index in [0.29, 0.717) is 46.1 Å². The van der Waals surface area contributed by atoms with Gasteiger partial charge >= 0.3 is 0 Å². The predicted molar refractivity (Wildman–Crippen MR) is 94.5 cm³/mol. The van der Waals surface area contributed by atoms with Crippen molar-refractivity contribution in [1.82, 2.24) is 24.5 Å². The van der Waals surface area contributed by atoms with E-state index >= 15 is 0 Å². The first kappa shape index (κ1) is 17.9. The number of azide groups is 1. The van der Waals surface area contributed by atoms with E-state index in [1.165, 1.54) is 0 Å². The van der Waals surface area contributed by atoms with Crippen LogP contribution in [0.4, 0.5) is 0 Å². The third kappa shape index (κ3) is 5.03. The lowest BCUT2D eigenvalue weighted by atomic mass is 10.3. The number of rotatable bonds is 11. The predicted octanol–water partition coefficient (Wildman–Crippen LogP) is 2.02. The Balaban J connectivity index is 1.38. The third-order valence-electron chi connectivity index (χ3n) is 3.68. The Bertz CT molecular complexity index is 868. The van der Waals surface area contributed by atoms with Gasteiger partial charge in [0.25, 0.3) is 0 Å². The fraction of sp³-hybridized carbons (Fsp3) is 0.438. The molecule has 0 unspecified atom stereocenters. The molecule has 0 bridgehead atoms. The molecule has 0 spiro atoms. The first-order valence-electron chi connectivity index (χ1n) is 8.32. The van der Waals surface area contributed by atoms with Crippen LogP contribution in [-0.2, 0) is 22.6 Å². The van der Waals surface area contributed by atoms with Crippen LogP contribution in [0.25, 0.3) is 21.5 Å². The average Bonchev–Trinajstić information content (AvgIpc) is 3.28. The van der Waals surface area contributed by atoms with Gasteiger partial charge in [0, 0.05) is 11.5 Å². The van der Waals surface area contributed by atoms with Crippen molar-refractivity contribution in [2.75, 3.05) is 33.0 Å². The van der Waals surface area contributed by atoms with E-state index in [0.717, 1.165) is 16.7 Å². The zero-order valence-corrected chi connectivity index (χ0v) is 14.3. The molecule has 1 aromatic carbocycles. The van der Waals surface area contributed by atoms with Gasteiger partial charge < -0.3 is 14.0 Å². The summed E-state index contributed by atoms with van der Waals surface area (Å²) >= 11 is 0. The molecule has 0 radical (unpaired) electrons. The molecule has 2 heterocycles. The van der Waals surface area contributed by atoms with Crippen LogP contribution >= 0.6 is 0 Å². The highest BCUT2D eigenvalue weighted by atomic mass is 16.5. The van der Waals surface area contributed by atoms with Gasteiger partial charge in [-0.05, 0) is 17.7 Å². The van der Waals surface area contributed by atoms with Gasteiger partial charge in [-0.2, -0.15) is 0 Å². The minimum Gasteiger partial charge on any atom is -0.379 e. The fourth-order valence-electron chi connectivity index (χ4n) is 2.46. The van der Waals surface area contributed by atoms with Crippen molar-refractivity contribution >= 4 is 11.0 Å². The molecule has 10 nitrogen and oxygen atoms in total. The number of hydrogen-bond donors (Lipinski definition) is 0. The van der Waals surface area contributed by atoms with E-state index < -0.39 is 0 Å². The summed E-state index contributed by atoms with van der Waals surface area (Å²) in [6, 6.07) is 7.99. The van der Waals surface area contributed by atoms with Gasteiger partial charge in [-0.15, -0.1) is 5.10 Å². The van der Waals surface area contributed by atoms with Crippen molar-refractivity contribution in [3.05, 3.63) is 52.9 Å². The second-order valence-corrected chi connectivity index (χ2v) is 5.51. The van der Waals surface area contributed by atoms with E-state index in [1.807, 2.05) is 41.4 Å². The minimum atomic E-state index is 0.338. The summed E-state index contributed by atoms with van der Waals surface area (Å²) in [6.07, 6.45) is 3.73. The molecule has 2 aromatic heterocycles. The number of aromatic nitrogens is 5. The van der Waals surface area contributed by atoms with Crippen LogP contribution in [0, 0.1) is 0 Å². The Kier molecular flexibility index (Phi) is 6.54. The molecule has 0 N–H and O–H groups in total. The van der Waals surface area contributed by atoms with Crippen molar-refractivity contribution in [1.29, 1.82) is 0 Å². The molecule has 0 saturated carbocycles. The topological polar surface area (TPSA) is 116 Å². The summed E-state index contributed by atoms with van der Waals surface area (Å²) in [5.41, 5.74) is 11.0. The largest absolute Gasteiger partial charge is 0.379 e. The van der Waals surface area contributed by atoms with E-state index in [-0.39, 0.29) is 0 Å². The van der Waals surface area contributed by atoms with Crippen LogP contribution in [0.2, 0.25) is 0 Å². The van der Waals surface area contributed by atoms with Crippen LogP contribution in [0.1, 0.15) is 5.69 Å². The molecule has 136 valence electrons. The Hall–Kier alpha value is -2.94. The highest BCUT2D eigenvalue weighted by Crippen LogP contribution is 2.12. The maximum Gasteiger partial charge on any atom is 0.102 e. The smallest absolute Gasteiger partial charge is 0.102 e. The van der Waals surface area contributed by atoms with Crippen molar-refractivity contribution in [3.8, 4) is 0 Å². The molecule has 3 aromatic rings. The number of hydrogen-bond acceptors (Lipinski definition) is 6. The van der Waals surface area contributed by atoms with Crippen molar-refractivity contribution < 1.29 is 9.47 Å². The highest BCUT2D eigenvalue weighted by molar-refractivity contribution is 5.74. The van der Waals surface area contributed by atoms with Crippen LogP contribution in [0.5, 0.6) is 0 Å². The summed E-state index contributed by atoms with van der Waals surface area (Å²) in [5, 5.41) is 11.7. The summed E-state index contributed by atoms with van der Waals surface area (Å²) in [7, 11) is 0. The zero-order valence-electron chi connectivity index (χ0n) is 14.3. The quantitative estimate of drug-likeness (QED) is 0.225. The number of para-hydroxylation sites is 2. The summed E-state index contributed by atoms with van der Waals surface area (Å²) in [4.78, 5) is 7.03. The molecule has 0 amide bonds. The van der Waals surface area contributed by atoms with E-state index in [1.54, 1.807) is 4.68 Å². The maximum absolute atomic E-state index is 8.13. The molecule has 0 aliphatic heterocycles. The monoisotopic (exact) mass is 356 g/mol. The number of nitrogens with zero attached hydrogens (tertiary/aromatic N) is 8. The molecule has 0 aliphatic rings. The second kappa shape index (κ2) is 9.52. The minimum absolute atomic E-state index is 0.338. The molecule has 0 fully saturated rings. The lowest BCUT2D eigenvalue weighted by Gasteiger charge is -2.04. The van der Waals surface area contributed by atoms with Crippen LogP contribution < -0.4 is 0 Å².